The molecule has 0 aliphatic heterocycles. The molecule has 0 saturated heterocycles. The van der Waals surface area contributed by atoms with Crippen molar-refractivity contribution in [2.45, 2.75) is 44.8 Å². The van der Waals surface area contributed by atoms with Crippen LogP contribution in [0.3, 0.4) is 0 Å². The molecule has 0 aliphatic carbocycles. The second kappa shape index (κ2) is 4.70. The van der Waals surface area contributed by atoms with Crippen molar-refractivity contribution in [2.24, 2.45) is 0 Å². The van der Waals surface area contributed by atoms with Crippen LogP contribution in [0.1, 0.15) is 39.5 Å². The maximum absolute atomic E-state index is 12.2. The summed E-state index contributed by atoms with van der Waals surface area (Å²) < 4.78 is 32.7. The second-order valence-electron chi connectivity index (χ2n) is 2.78. The number of rotatable bonds is 5. The monoisotopic (exact) mass is 182 g/mol. The molecule has 0 spiro atoms. The highest BCUT2D eigenvalue weighted by Crippen LogP contribution is 2.11. The zero-order valence-corrected chi connectivity index (χ0v) is 7.82. The maximum atomic E-state index is 12.2. The highest BCUT2D eigenvalue weighted by atomic mass is 32.3. The normalized spacial score (nSPS) is 14.8. The minimum absolute atomic E-state index is 0.437. The molecule has 0 aromatic carbocycles. The smallest absolute Gasteiger partial charge is 0.195 e. The molecule has 1 unspecified atom stereocenters. The fraction of sp³-hybridized carbons (Fsp3) is 1.00. The van der Waals surface area contributed by atoms with Crippen LogP contribution in [0.4, 0.5) is 3.89 Å². The minimum atomic E-state index is -4.28. The number of halogens is 1. The van der Waals surface area contributed by atoms with Gasteiger partial charge in [-0.2, -0.15) is 8.42 Å². The summed E-state index contributed by atoms with van der Waals surface area (Å²) in [6.07, 6.45) is 3.23. The summed E-state index contributed by atoms with van der Waals surface area (Å²) in [5, 5.41) is -0.825. The van der Waals surface area contributed by atoms with Gasteiger partial charge in [-0.15, -0.1) is 3.89 Å². The summed E-state index contributed by atoms with van der Waals surface area (Å²) in [7, 11) is -4.28. The van der Waals surface area contributed by atoms with E-state index in [1.54, 1.807) is 0 Å². The zero-order chi connectivity index (χ0) is 8.91. The summed E-state index contributed by atoms with van der Waals surface area (Å²) in [6.45, 7) is 3.43. The molecule has 0 saturated carbocycles. The molecule has 0 heterocycles. The van der Waals surface area contributed by atoms with Gasteiger partial charge in [0, 0.05) is 0 Å². The first kappa shape index (κ1) is 10.9. The molecule has 0 fully saturated rings. The van der Waals surface area contributed by atoms with Crippen molar-refractivity contribution in [3.05, 3.63) is 0 Å². The van der Waals surface area contributed by atoms with E-state index in [4.69, 9.17) is 0 Å². The van der Waals surface area contributed by atoms with Crippen molar-refractivity contribution in [1.82, 2.24) is 0 Å². The first-order chi connectivity index (χ1) is 4.98. The van der Waals surface area contributed by atoms with Crippen LogP contribution in [0, 0.1) is 0 Å². The molecule has 0 rings (SSSR count). The van der Waals surface area contributed by atoms with Crippen molar-refractivity contribution in [1.29, 1.82) is 0 Å². The van der Waals surface area contributed by atoms with Crippen LogP contribution in [0.2, 0.25) is 0 Å². The van der Waals surface area contributed by atoms with Crippen molar-refractivity contribution in [3.8, 4) is 0 Å². The zero-order valence-electron chi connectivity index (χ0n) is 7.01. The second-order valence-corrected chi connectivity index (χ2v) is 4.54. The lowest BCUT2D eigenvalue weighted by Gasteiger charge is -2.04. The van der Waals surface area contributed by atoms with E-state index in [2.05, 4.69) is 0 Å². The van der Waals surface area contributed by atoms with Crippen molar-refractivity contribution in [2.75, 3.05) is 0 Å². The van der Waals surface area contributed by atoms with Gasteiger partial charge in [0.15, 0.2) is 0 Å². The van der Waals surface area contributed by atoms with E-state index in [1.807, 2.05) is 6.92 Å². The van der Waals surface area contributed by atoms with Gasteiger partial charge in [0.25, 0.3) is 0 Å². The lowest BCUT2D eigenvalue weighted by molar-refractivity contribution is 0.525. The Kier molecular flexibility index (Phi) is 4.65. The first-order valence-corrected chi connectivity index (χ1v) is 5.36. The highest BCUT2D eigenvalue weighted by Gasteiger charge is 2.17. The fourth-order valence-corrected chi connectivity index (χ4v) is 1.27. The maximum Gasteiger partial charge on any atom is 0.305 e. The van der Waals surface area contributed by atoms with Crippen molar-refractivity contribution >= 4 is 10.2 Å². The Labute approximate surface area is 68.0 Å². The SMILES string of the molecule is CCCCCC(C)S(=O)(=O)F. The van der Waals surface area contributed by atoms with Crippen molar-refractivity contribution in [3.63, 3.8) is 0 Å². The Morgan fingerprint density at radius 3 is 2.27 bits per heavy atom. The summed E-state index contributed by atoms with van der Waals surface area (Å²) in [4.78, 5) is 0. The van der Waals surface area contributed by atoms with E-state index in [1.165, 1.54) is 6.92 Å². The van der Waals surface area contributed by atoms with Crippen LogP contribution >= 0.6 is 0 Å². The number of hydrogen-bond acceptors (Lipinski definition) is 2. The predicted molar refractivity (Wildman–Crippen MR) is 43.6 cm³/mol. The largest absolute Gasteiger partial charge is 0.305 e. The molecule has 4 heteroatoms. The molecule has 0 radical (unpaired) electrons. The van der Waals surface area contributed by atoms with Gasteiger partial charge in [-0.25, -0.2) is 0 Å². The van der Waals surface area contributed by atoms with E-state index < -0.39 is 15.5 Å². The van der Waals surface area contributed by atoms with Crippen LogP contribution in [0.5, 0.6) is 0 Å². The third-order valence-electron chi connectivity index (χ3n) is 1.69. The third kappa shape index (κ3) is 5.18. The van der Waals surface area contributed by atoms with Crippen LogP contribution in [0.25, 0.3) is 0 Å². The topological polar surface area (TPSA) is 34.1 Å². The Morgan fingerprint density at radius 1 is 1.36 bits per heavy atom. The molecule has 0 N–H and O–H groups in total. The van der Waals surface area contributed by atoms with Crippen LogP contribution < -0.4 is 0 Å². The quantitative estimate of drug-likeness (QED) is 0.482. The molecule has 0 aliphatic rings. The van der Waals surface area contributed by atoms with E-state index in [0.29, 0.717) is 6.42 Å². The van der Waals surface area contributed by atoms with Gasteiger partial charge < -0.3 is 0 Å². The van der Waals surface area contributed by atoms with Gasteiger partial charge in [-0.05, 0) is 13.3 Å². The molecule has 11 heavy (non-hydrogen) atoms. The van der Waals surface area contributed by atoms with Gasteiger partial charge in [0.1, 0.15) is 0 Å². The summed E-state index contributed by atoms with van der Waals surface area (Å²) in [6, 6.07) is 0. The molecular weight excluding hydrogens is 167 g/mol. The van der Waals surface area contributed by atoms with Crippen LogP contribution in [-0.4, -0.2) is 13.7 Å². The molecule has 0 amide bonds. The van der Waals surface area contributed by atoms with Crippen LogP contribution in [-0.2, 0) is 10.2 Å². The molecule has 1 atom stereocenters. The number of hydrogen-bond donors (Lipinski definition) is 0. The van der Waals surface area contributed by atoms with E-state index in [-0.39, 0.29) is 0 Å². The molecular formula is C7H15FO2S. The summed E-state index contributed by atoms with van der Waals surface area (Å²) in [5.41, 5.74) is 0. The Balaban J connectivity index is 3.62. The Hall–Kier alpha value is -0.120. The van der Waals surface area contributed by atoms with E-state index in [9.17, 15) is 12.3 Å². The van der Waals surface area contributed by atoms with Crippen LogP contribution in [0.15, 0.2) is 0 Å². The average molecular weight is 182 g/mol. The predicted octanol–water partition coefficient (Wildman–Crippen LogP) is 2.25. The molecule has 68 valence electrons. The summed E-state index contributed by atoms with van der Waals surface area (Å²) in [5.74, 6) is 0. The molecule has 0 bridgehead atoms. The molecule has 0 aromatic heterocycles. The van der Waals surface area contributed by atoms with Gasteiger partial charge in [0.2, 0.25) is 0 Å². The standard InChI is InChI=1S/C7H15FO2S/c1-3-4-5-6-7(2)11(8,9)10/h7H,3-6H2,1-2H3. The Bertz CT molecular complexity index is 187. The fourth-order valence-electron chi connectivity index (χ4n) is 0.823. The van der Waals surface area contributed by atoms with E-state index >= 15 is 0 Å². The van der Waals surface area contributed by atoms with Gasteiger partial charge in [0.05, 0.1) is 5.25 Å². The van der Waals surface area contributed by atoms with Crippen molar-refractivity contribution < 1.29 is 12.3 Å². The molecule has 2 nitrogen and oxygen atoms in total. The van der Waals surface area contributed by atoms with E-state index in [0.717, 1.165) is 19.3 Å². The van der Waals surface area contributed by atoms with Gasteiger partial charge >= 0.3 is 10.2 Å². The Morgan fingerprint density at radius 2 is 1.91 bits per heavy atom. The average Bonchev–Trinajstić information content (AvgIpc) is 1.86. The van der Waals surface area contributed by atoms with Gasteiger partial charge in [-0.3, -0.25) is 0 Å². The highest BCUT2D eigenvalue weighted by molar-refractivity contribution is 7.86. The lowest BCUT2D eigenvalue weighted by atomic mass is 10.2. The van der Waals surface area contributed by atoms with Gasteiger partial charge in [-0.1, -0.05) is 26.2 Å². The third-order valence-corrected chi connectivity index (χ3v) is 2.89. The summed E-state index contributed by atoms with van der Waals surface area (Å²) >= 11 is 0. The first-order valence-electron chi connectivity index (χ1n) is 3.92. The minimum Gasteiger partial charge on any atom is -0.195 e. The molecule has 0 aromatic rings. The lowest BCUT2D eigenvalue weighted by Crippen LogP contribution is -2.11. The number of unbranched alkanes of at least 4 members (excludes halogenated alkanes) is 2.